The van der Waals surface area contributed by atoms with Crippen molar-refractivity contribution >= 4 is 0 Å². The first kappa shape index (κ1) is 14.1. The number of rotatable bonds is 4. The van der Waals surface area contributed by atoms with E-state index in [-0.39, 0.29) is 0 Å². The van der Waals surface area contributed by atoms with E-state index in [1.54, 1.807) is 0 Å². The number of hydrogen-bond donors (Lipinski definition) is 1. The van der Waals surface area contributed by atoms with Gasteiger partial charge in [-0.15, -0.1) is 0 Å². The van der Waals surface area contributed by atoms with Crippen molar-refractivity contribution in [3.63, 3.8) is 0 Å². The Morgan fingerprint density at radius 3 is 2.75 bits per heavy atom. The Morgan fingerprint density at radius 1 is 1.30 bits per heavy atom. The SMILES string of the molecule is CN(C)C1(Cn2cncc2C2CCCCN2)CCCC1. The third-order valence-electron chi connectivity index (χ3n) is 5.36. The zero-order valence-electron chi connectivity index (χ0n) is 12.9. The molecule has 1 aliphatic heterocycles. The predicted octanol–water partition coefficient (Wildman–Crippen LogP) is 2.57. The van der Waals surface area contributed by atoms with Crippen molar-refractivity contribution in [3.8, 4) is 0 Å². The minimum atomic E-state index is 0.337. The Bertz CT molecular complexity index is 425. The van der Waals surface area contributed by atoms with Gasteiger partial charge in [0.05, 0.1) is 12.0 Å². The molecule has 0 aromatic carbocycles. The van der Waals surface area contributed by atoms with Crippen molar-refractivity contribution in [2.45, 2.75) is 63.1 Å². The summed E-state index contributed by atoms with van der Waals surface area (Å²) in [7, 11) is 4.47. The average Bonchev–Trinajstić information content (AvgIpc) is 3.10. The molecule has 1 atom stereocenters. The van der Waals surface area contributed by atoms with Gasteiger partial charge in [-0.1, -0.05) is 19.3 Å². The molecule has 0 bridgehead atoms. The molecular formula is C16H28N4. The van der Waals surface area contributed by atoms with Crippen LogP contribution >= 0.6 is 0 Å². The molecule has 2 heterocycles. The van der Waals surface area contributed by atoms with Gasteiger partial charge in [0.1, 0.15) is 0 Å². The second-order valence-corrected chi connectivity index (χ2v) is 6.77. The molecule has 112 valence electrons. The summed E-state index contributed by atoms with van der Waals surface area (Å²) in [4.78, 5) is 6.88. The van der Waals surface area contributed by atoms with Crippen LogP contribution in [-0.2, 0) is 6.54 Å². The third-order valence-corrected chi connectivity index (χ3v) is 5.36. The molecule has 1 saturated carbocycles. The van der Waals surface area contributed by atoms with Gasteiger partial charge in [0.2, 0.25) is 0 Å². The molecule has 1 saturated heterocycles. The van der Waals surface area contributed by atoms with Gasteiger partial charge in [0.25, 0.3) is 0 Å². The van der Waals surface area contributed by atoms with Crippen molar-refractivity contribution in [2.75, 3.05) is 20.6 Å². The second-order valence-electron chi connectivity index (χ2n) is 6.77. The molecule has 0 amide bonds. The van der Waals surface area contributed by atoms with Crippen LogP contribution in [0.1, 0.15) is 56.7 Å². The van der Waals surface area contributed by atoms with E-state index in [2.05, 4.69) is 40.1 Å². The van der Waals surface area contributed by atoms with Gasteiger partial charge in [0, 0.05) is 24.3 Å². The van der Waals surface area contributed by atoms with Crippen molar-refractivity contribution in [3.05, 3.63) is 18.2 Å². The minimum absolute atomic E-state index is 0.337. The highest BCUT2D eigenvalue weighted by Crippen LogP contribution is 2.36. The average molecular weight is 276 g/mol. The van der Waals surface area contributed by atoms with Gasteiger partial charge in [-0.2, -0.15) is 0 Å². The fourth-order valence-corrected chi connectivity index (χ4v) is 3.95. The van der Waals surface area contributed by atoms with Crippen LogP contribution in [0.2, 0.25) is 0 Å². The number of nitrogens with one attached hydrogen (secondary N) is 1. The van der Waals surface area contributed by atoms with Crippen LogP contribution in [0.15, 0.2) is 12.5 Å². The van der Waals surface area contributed by atoms with Gasteiger partial charge < -0.3 is 14.8 Å². The first-order valence-electron chi connectivity index (χ1n) is 8.12. The maximum absolute atomic E-state index is 4.43. The van der Waals surface area contributed by atoms with Crippen LogP contribution in [0.3, 0.4) is 0 Å². The molecule has 4 nitrogen and oxygen atoms in total. The molecular weight excluding hydrogens is 248 g/mol. The molecule has 1 unspecified atom stereocenters. The summed E-state index contributed by atoms with van der Waals surface area (Å²) in [5.41, 5.74) is 1.72. The maximum atomic E-state index is 4.43. The van der Waals surface area contributed by atoms with Gasteiger partial charge >= 0.3 is 0 Å². The van der Waals surface area contributed by atoms with E-state index < -0.39 is 0 Å². The fraction of sp³-hybridized carbons (Fsp3) is 0.812. The molecule has 3 rings (SSSR count). The summed E-state index contributed by atoms with van der Waals surface area (Å²) >= 11 is 0. The van der Waals surface area contributed by atoms with E-state index >= 15 is 0 Å². The second kappa shape index (κ2) is 5.86. The van der Waals surface area contributed by atoms with Crippen LogP contribution in [0.25, 0.3) is 0 Å². The van der Waals surface area contributed by atoms with Crippen molar-refractivity contribution in [1.29, 1.82) is 0 Å². The van der Waals surface area contributed by atoms with Crippen molar-refractivity contribution in [1.82, 2.24) is 19.8 Å². The molecule has 1 aliphatic carbocycles. The van der Waals surface area contributed by atoms with Gasteiger partial charge in [-0.05, 0) is 46.3 Å². The lowest BCUT2D eigenvalue weighted by Crippen LogP contribution is -2.45. The monoisotopic (exact) mass is 276 g/mol. The van der Waals surface area contributed by atoms with E-state index in [9.17, 15) is 0 Å². The summed E-state index contributed by atoms with van der Waals surface area (Å²) in [6, 6.07) is 0.506. The van der Waals surface area contributed by atoms with Gasteiger partial charge in [-0.25, -0.2) is 4.98 Å². The Kier molecular flexibility index (Phi) is 4.13. The predicted molar refractivity (Wildman–Crippen MR) is 81.7 cm³/mol. The summed E-state index contributed by atoms with van der Waals surface area (Å²) in [5, 5.41) is 3.65. The Morgan fingerprint density at radius 2 is 2.10 bits per heavy atom. The summed E-state index contributed by atoms with van der Waals surface area (Å²) in [6.07, 6.45) is 13.4. The molecule has 4 heteroatoms. The number of piperidine rings is 1. The third kappa shape index (κ3) is 2.63. The zero-order chi connectivity index (χ0) is 14.0. The molecule has 2 aliphatic rings. The lowest BCUT2D eigenvalue weighted by molar-refractivity contribution is 0.131. The highest BCUT2D eigenvalue weighted by molar-refractivity contribution is 5.08. The lowest BCUT2D eigenvalue weighted by Gasteiger charge is -2.37. The Hall–Kier alpha value is -0.870. The summed E-state index contributed by atoms with van der Waals surface area (Å²) in [6.45, 7) is 2.24. The van der Waals surface area contributed by atoms with E-state index in [1.807, 2.05) is 6.33 Å². The number of aromatic nitrogens is 2. The Labute approximate surface area is 122 Å². The lowest BCUT2D eigenvalue weighted by atomic mass is 9.95. The van der Waals surface area contributed by atoms with Crippen LogP contribution in [-0.4, -0.2) is 40.6 Å². The fourth-order valence-electron chi connectivity index (χ4n) is 3.95. The molecule has 20 heavy (non-hydrogen) atoms. The zero-order valence-corrected chi connectivity index (χ0v) is 12.9. The summed E-state index contributed by atoms with van der Waals surface area (Å²) in [5.74, 6) is 0. The molecule has 0 radical (unpaired) electrons. The largest absolute Gasteiger partial charge is 0.331 e. The smallest absolute Gasteiger partial charge is 0.0949 e. The van der Waals surface area contributed by atoms with Crippen molar-refractivity contribution < 1.29 is 0 Å². The normalized spacial score (nSPS) is 26.2. The van der Waals surface area contributed by atoms with E-state index in [0.717, 1.165) is 13.1 Å². The standard InChI is InChI=1S/C16H28N4/c1-19(2)16(8-4-5-9-16)12-20-13-17-11-15(20)14-7-3-6-10-18-14/h11,13-14,18H,3-10,12H2,1-2H3. The van der Waals surface area contributed by atoms with Crippen molar-refractivity contribution in [2.24, 2.45) is 0 Å². The molecule has 1 N–H and O–H groups in total. The number of likely N-dealkylation sites (N-methyl/N-ethyl adjacent to an activating group) is 1. The minimum Gasteiger partial charge on any atom is -0.331 e. The van der Waals surface area contributed by atoms with Gasteiger partial charge in [-0.3, -0.25) is 0 Å². The van der Waals surface area contributed by atoms with E-state index in [4.69, 9.17) is 0 Å². The van der Waals surface area contributed by atoms with E-state index in [0.29, 0.717) is 11.6 Å². The highest BCUT2D eigenvalue weighted by Gasteiger charge is 2.37. The Balaban J connectivity index is 1.78. The number of imidazole rings is 1. The number of hydrogen-bond acceptors (Lipinski definition) is 3. The molecule has 1 aromatic heterocycles. The molecule has 0 spiro atoms. The highest BCUT2D eigenvalue weighted by atomic mass is 15.2. The first-order chi connectivity index (χ1) is 9.71. The topological polar surface area (TPSA) is 33.1 Å². The van der Waals surface area contributed by atoms with E-state index in [1.165, 1.54) is 50.6 Å². The van der Waals surface area contributed by atoms with Gasteiger partial charge in [0.15, 0.2) is 0 Å². The van der Waals surface area contributed by atoms with Crippen LogP contribution in [0, 0.1) is 0 Å². The molecule has 2 fully saturated rings. The summed E-state index contributed by atoms with van der Waals surface area (Å²) < 4.78 is 2.41. The maximum Gasteiger partial charge on any atom is 0.0949 e. The van der Waals surface area contributed by atoms with Crippen LogP contribution < -0.4 is 5.32 Å². The van der Waals surface area contributed by atoms with Crippen LogP contribution in [0.5, 0.6) is 0 Å². The molecule has 1 aromatic rings. The van der Waals surface area contributed by atoms with Crippen LogP contribution in [0.4, 0.5) is 0 Å². The first-order valence-corrected chi connectivity index (χ1v) is 8.12. The quantitative estimate of drug-likeness (QED) is 0.917. The number of nitrogens with zero attached hydrogens (tertiary/aromatic N) is 3.